The first-order valence-electron chi connectivity index (χ1n) is 0.569. The van der Waals surface area contributed by atoms with E-state index < -0.39 is 0 Å². The van der Waals surface area contributed by atoms with Gasteiger partial charge in [0.05, 0.1) is 0 Å². The average Bonchev–Trinajstić information content (AvgIpc) is 0.918. The Bertz CT molecular complexity index is 15.5. The molecule has 0 bridgehead atoms. The Morgan fingerprint density at radius 2 is 1.75 bits per heavy atom. The molecule has 24 valence electrons. The van der Waals surface area contributed by atoms with E-state index in [0.717, 1.165) is 0 Å². The van der Waals surface area contributed by atoms with Crippen molar-refractivity contribution < 1.29 is 25.9 Å². The van der Waals surface area contributed by atoms with E-state index in [-0.39, 0.29) is 21.1 Å². The van der Waals surface area contributed by atoms with Gasteiger partial charge in [-0.1, -0.05) is 9.24 Å². The normalized spacial score (nSPS) is 3.25. The zero-order valence-electron chi connectivity index (χ0n) is 1.97. The quantitative estimate of drug-likeness (QED) is 0.436. The van der Waals surface area contributed by atoms with Gasteiger partial charge in [-0.3, -0.25) is 4.79 Å². The Hall–Kier alpha value is 0.788. The van der Waals surface area contributed by atoms with Crippen LogP contribution in [0.4, 0.5) is 0 Å². The first-order chi connectivity index (χ1) is 1.41. The summed E-state index contributed by atoms with van der Waals surface area (Å²) in [7, 11) is 1.90. The first-order valence-corrected chi connectivity index (χ1v) is 1.24. The van der Waals surface area contributed by atoms with E-state index in [1.165, 1.54) is 0 Å². The standard InChI is InChI=1S/CH3OP.W/c2-1-3;/h1H,3H2;. The monoisotopic (exact) mass is 246 g/mol. The summed E-state index contributed by atoms with van der Waals surface area (Å²) in [4.78, 5) is 8.77. The molecule has 0 amide bonds. The molecule has 0 aliphatic heterocycles. The van der Waals surface area contributed by atoms with Crippen molar-refractivity contribution in [3.05, 3.63) is 0 Å². The number of hydrogen-bond donors (Lipinski definition) is 0. The summed E-state index contributed by atoms with van der Waals surface area (Å²) in [6, 6.07) is 0.667. The molecule has 0 aromatic carbocycles. The Morgan fingerprint density at radius 3 is 1.75 bits per heavy atom. The third-order valence-electron chi connectivity index (χ3n) is 0. The molecule has 1 unspecified atom stereocenters. The smallest absolute Gasteiger partial charge is 0.135 e. The van der Waals surface area contributed by atoms with Crippen molar-refractivity contribution >= 4 is 15.3 Å². The maximum Gasteiger partial charge on any atom is 0.135 e. The fraction of sp³-hybridized carbons (Fsp3) is 0. The molecule has 0 N–H and O–H groups in total. The van der Waals surface area contributed by atoms with Crippen LogP contribution in [0.2, 0.25) is 0 Å². The first kappa shape index (κ1) is 8.84. The molecule has 1 nitrogen and oxygen atoms in total. The van der Waals surface area contributed by atoms with E-state index in [4.69, 9.17) is 4.79 Å². The summed E-state index contributed by atoms with van der Waals surface area (Å²) < 4.78 is 0. The Labute approximate surface area is 41.6 Å². The van der Waals surface area contributed by atoms with Gasteiger partial charge >= 0.3 is 0 Å². The largest absolute Gasteiger partial charge is 0.299 e. The van der Waals surface area contributed by atoms with Crippen molar-refractivity contribution in [2.45, 2.75) is 0 Å². The van der Waals surface area contributed by atoms with Gasteiger partial charge in [-0.25, -0.2) is 0 Å². The molecular formula is CH3OPW. The summed E-state index contributed by atoms with van der Waals surface area (Å²) in [5, 5.41) is 0. The molecule has 0 rings (SSSR count). The van der Waals surface area contributed by atoms with E-state index in [2.05, 4.69) is 0 Å². The van der Waals surface area contributed by atoms with Crippen molar-refractivity contribution in [1.82, 2.24) is 0 Å². The van der Waals surface area contributed by atoms with Crippen molar-refractivity contribution in [1.29, 1.82) is 0 Å². The predicted molar refractivity (Wildman–Crippen MR) is 16.5 cm³/mol. The zero-order chi connectivity index (χ0) is 2.71. The van der Waals surface area contributed by atoms with Gasteiger partial charge in [0.2, 0.25) is 0 Å². The summed E-state index contributed by atoms with van der Waals surface area (Å²) in [5.74, 6) is 0. The van der Waals surface area contributed by atoms with Crippen LogP contribution in [0.3, 0.4) is 0 Å². The molecule has 0 saturated carbocycles. The predicted octanol–water partition coefficient (Wildman–Crippen LogP) is 0.0492. The summed E-state index contributed by atoms with van der Waals surface area (Å²) >= 11 is 0. The Morgan fingerprint density at radius 1 is 1.75 bits per heavy atom. The Balaban J connectivity index is 0. The maximum atomic E-state index is 8.77. The molecule has 0 aromatic rings. The summed E-state index contributed by atoms with van der Waals surface area (Å²) in [5.41, 5.74) is 0. The molecule has 0 aliphatic carbocycles. The van der Waals surface area contributed by atoms with Gasteiger partial charge in [-0.2, -0.15) is 0 Å². The van der Waals surface area contributed by atoms with E-state index in [9.17, 15) is 0 Å². The van der Waals surface area contributed by atoms with Gasteiger partial charge in [-0.15, -0.1) is 0 Å². The molecule has 0 heterocycles. The van der Waals surface area contributed by atoms with Crippen molar-refractivity contribution in [2.75, 3.05) is 0 Å². The van der Waals surface area contributed by atoms with Crippen LogP contribution in [-0.4, -0.2) is 6.03 Å². The maximum absolute atomic E-state index is 8.77. The molecule has 0 fully saturated rings. The van der Waals surface area contributed by atoms with Gasteiger partial charge in [-0.05, 0) is 0 Å². The van der Waals surface area contributed by atoms with Crippen LogP contribution in [0.25, 0.3) is 0 Å². The fourth-order valence-electron chi connectivity index (χ4n) is 0. The van der Waals surface area contributed by atoms with Crippen LogP contribution in [0.15, 0.2) is 0 Å². The van der Waals surface area contributed by atoms with Crippen LogP contribution >= 0.6 is 9.24 Å². The van der Waals surface area contributed by atoms with Gasteiger partial charge in [0.15, 0.2) is 0 Å². The molecule has 0 aliphatic rings. The number of hydrogen-bond acceptors (Lipinski definition) is 1. The van der Waals surface area contributed by atoms with Crippen LogP contribution in [0, 0.1) is 0 Å². The zero-order valence-corrected chi connectivity index (χ0v) is 6.06. The van der Waals surface area contributed by atoms with E-state index in [0.29, 0.717) is 6.03 Å². The van der Waals surface area contributed by atoms with Crippen LogP contribution in [-0.2, 0) is 25.9 Å². The number of carbonyl (C=O) groups is 1. The minimum Gasteiger partial charge on any atom is -0.299 e. The van der Waals surface area contributed by atoms with Crippen LogP contribution < -0.4 is 0 Å². The topological polar surface area (TPSA) is 17.1 Å². The van der Waals surface area contributed by atoms with Crippen molar-refractivity contribution in [3.8, 4) is 0 Å². The molecule has 3 heteroatoms. The fourth-order valence-corrected chi connectivity index (χ4v) is 0. The summed E-state index contributed by atoms with van der Waals surface area (Å²) in [6.45, 7) is 0. The minimum absolute atomic E-state index is 0. The van der Waals surface area contributed by atoms with Gasteiger partial charge in [0, 0.05) is 21.1 Å². The third-order valence-corrected chi connectivity index (χ3v) is 0. The number of rotatable bonds is 0. The molecule has 4 heavy (non-hydrogen) atoms. The van der Waals surface area contributed by atoms with Crippen molar-refractivity contribution in [2.24, 2.45) is 0 Å². The minimum atomic E-state index is 0. The molecule has 0 spiro atoms. The number of carbonyl (C=O) groups excluding carboxylic acids is 1. The van der Waals surface area contributed by atoms with Crippen molar-refractivity contribution in [3.63, 3.8) is 0 Å². The second-order valence-electron chi connectivity index (χ2n) is 0.136. The molecule has 1 atom stereocenters. The van der Waals surface area contributed by atoms with Gasteiger partial charge in [0.25, 0.3) is 0 Å². The summed E-state index contributed by atoms with van der Waals surface area (Å²) in [6.07, 6.45) is 0. The van der Waals surface area contributed by atoms with E-state index in [1.807, 2.05) is 9.24 Å². The molecule has 0 radical (unpaired) electrons. The van der Waals surface area contributed by atoms with Crippen LogP contribution in [0.5, 0.6) is 0 Å². The second kappa shape index (κ2) is 9.21. The third kappa shape index (κ3) is 14.3. The SMILES string of the molecule is O=CP.[W]. The molecule has 0 aromatic heterocycles. The van der Waals surface area contributed by atoms with E-state index in [1.54, 1.807) is 0 Å². The van der Waals surface area contributed by atoms with Gasteiger partial charge in [0.1, 0.15) is 6.03 Å². The van der Waals surface area contributed by atoms with Crippen LogP contribution in [0.1, 0.15) is 0 Å². The second-order valence-corrected chi connectivity index (χ2v) is 0.408. The molecule has 0 saturated heterocycles. The average molecular weight is 246 g/mol. The molecular weight excluding hydrogens is 243 g/mol. The van der Waals surface area contributed by atoms with E-state index >= 15 is 0 Å². The van der Waals surface area contributed by atoms with Gasteiger partial charge < -0.3 is 0 Å². The Kier molecular flexibility index (Phi) is 20.4.